The molecule has 3 atom stereocenters. The molecule has 2 aromatic heterocycles. The predicted octanol–water partition coefficient (Wildman–Crippen LogP) is -0.533. The van der Waals surface area contributed by atoms with Crippen LogP contribution in [0, 0.1) is 0 Å². The van der Waals surface area contributed by atoms with E-state index in [0.29, 0.717) is 17.6 Å². The van der Waals surface area contributed by atoms with E-state index in [1.54, 1.807) is 17.1 Å². The number of fused-ring (bicyclic) bond motifs is 1. The number of aromatic nitrogens is 4. The van der Waals surface area contributed by atoms with Crippen molar-refractivity contribution in [2.45, 2.75) is 24.9 Å². The van der Waals surface area contributed by atoms with Crippen LogP contribution in [0.1, 0.15) is 12.6 Å². The number of hydrogen-bond acceptors (Lipinski definition) is 6. The lowest BCUT2D eigenvalue weighted by Gasteiger charge is -2.13. The Hall–Kier alpha value is -1.57. The summed E-state index contributed by atoms with van der Waals surface area (Å²) < 4.78 is 7.28. The summed E-state index contributed by atoms with van der Waals surface area (Å²) in [4.78, 5) is 12.2. The summed E-state index contributed by atoms with van der Waals surface area (Å²) in [6.07, 6.45) is 3.53. The van der Waals surface area contributed by atoms with Crippen LogP contribution in [0.25, 0.3) is 11.2 Å². The summed E-state index contributed by atoms with van der Waals surface area (Å²) >= 11 is 0. The van der Waals surface area contributed by atoms with Crippen LogP contribution >= 0.6 is 0 Å². The van der Waals surface area contributed by atoms with Gasteiger partial charge in [0.15, 0.2) is 5.65 Å². The number of imidazole rings is 1. The van der Waals surface area contributed by atoms with Crippen LogP contribution in [0.2, 0.25) is 0 Å². The van der Waals surface area contributed by atoms with Crippen molar-refractivity contribution in [1.29, 1.82) is 0 Å². The average molecular weight is 236 g/mol. The number of ether oxygens (including phenoxy) is 1. The first-order chi connectivity index (χ1) is 8.29. The second kappa shape index (κ2) is 4.02. The second-order valence-corrected chi connectivity index (χ2v) is 4.00. The summed E-state index contributed by atoms with van der Waals surface area (Å²) in [6, 6.07) is 0. The van der Waals surface area contributed by atoms with Crippen molar-refractivity contribution in [1.82, 2.24) is 19.5 Å². The Kier molecular flexibility index (Phi) is 2.50. The zero-order valence-corrected chi connectivity index (χ0v) is 8.97. The molecule has 0 aliphatic carbocycles. The Morgan fingerprint density at radius 3 is 3.12 bits per heavy atom. The smallest absolute Gasteiger partial charge is 0.165 e. The maximum absolute atomic E-state index is 9.68. The van der Waals surface area contributed by atoms with Crippen LogP contribution in [-0.4, -0.2) is 48.5 Å². The molecule has 90 valence electrons. The minimum atomic E-state index is -0.663. The third-order valence-corrected chi connectivity index (χ3v) is 2.93. The molecule has 3 rings (SSSR count). The summed E-state index contributed by atoms with van der Waals surface area (Å²) in [5.41, 5.74) is 1.34. The van der Waals surface area contributed by atoms with E-state index >= 15 is 0 Å². The van der Waals surface area contributed by atoms with Gasteiger partial charge in [0, 0.05) is 6.42 Å². The summed E-state index contributed by atoms with van der Waals surface area (Å²) in [7, 11) is 0. The quantitative estimate of drug-likeness (QED) is 0.728. The number of rotatable bonds is 2. The second-order valence-electron chi connectivity index (χ2n) is 4.00. The fourth-order valence-electron chi connectivity index (χ4n) is 2.05. The molecule has 1 aliphatic rings. The molecular formula is C10H12N4O3. The third kappa shape index (κ3) is 1.68. The van der Waals surface area contributed by atoms with Crippen LogP contribution in [0.5, 0.6) is 0 Å². The van der Waals surface area contributed by atoms with Crippen molar-refractivity contribution in [2.75, 3.05) is 6.61 Å². The highest BCUT2D eigenvalue weighted by Gasteiger charge is 2.35. The Morgan fingerprint density at radius 2 is 2.35 bits per heavy atom. The minimum absolute atomic E-state index is 0.195. The van der Waals surface area contributed by atoms with Crippen molar-refractivity contribution in [2.24, 2.45) is 0 Å². The zero-order valence-electron chi connectivity index (χ0n) is 8.97. The molecule has 0 amide bonds. The molecule has 0 aromatic carbocycles. The molecular weight excluding hydrogens is 224 g/mol. The van der Waals surface area contributed by atoms with Gasteiger partial charge in [0.1, 0.15) is 24.2 Å². The van der Waals surface area contributed by atoms with E-state index in [0.717, 1.165) is 0 Å². The van der Waals surface area contributed by atoms with Crippen molar-refractivity contribution in [3.63, 3.8) is 0 Å². The number of aliphatic hydroxyl groups is 2. The molecule has 1 aliphatic heterocycles. The molecule has 3 heterocycles. The molecule has 0 unspecified atom stereocenters. The maximum atomic E-state index is 9.68. The van der Waals surface area contributed by atoms with E-state index < -0.39 is 12.2 Å². The van der Waals surface area contributed by atoms with Gasteiger partial charge >= 0.3 is 0 Å². The fourth-order valence-corrected chi connectivity index (χ4v) is 2.05. The standard InChI is InChI=1S/C10H12N4O3/c15-3-8-7(16)1-9(17-8)14-5-13-6-2-11-4-12-10(6)14/h2,4-5,7-9,15-16H,1,3H2/t7-,8-,9+/m1/s1. The number of hydrogen-bond donors (Lipinski definition) is 2. The van der Waals surface area contributed by atoms with Gasteiger partial charge in [0.2, 0.25) is 0 Å². The highest BCUT2D eigenvalue weighted by atomic mass is 16.5. The Bertz CT molecular complexity index is 529. The van der Waals surface area contributed by atoms with Gasteiger partial charge in [-0.1, -0.05) is 0 Å². The van der Waals surface area contributed by atoms with Crippen molar-refractivity contribution in [3.8, 4) is 0 Å². The van der Waals surface area contributed by atoms with Gasteiger partial charge in [-0.15, -0.1) is 0 Å². The summed E-state index contributed by atoms with van der Waals surface area (Å²) in [5, 5.41) is 18.7. The Labute approximate surface area is 96.7 Å². The highest BCUT2D eigenvalue weighted by Crippen LogP contribution is 2.30. The molecule has 1 fully saturated rings. The van der Waals surface area contributed by atoms with E-state index in [9.17, 15) is 5.11 Å². The van der Waals surface area contributed by atoms with Crippen molar-refractivity contribution < 1.29 is 14.9 Å². The Balaban J connectivity index is 1.95. The van der Waals surface area contributed by atoms with E-state index in [4.69, 9.17) is 9.84 Å². The number of nitrogens with zero attached hydrogens (tertiary/aromatic N) is 4. The first-order valence-electron chi connectivity index (χ1n) is 5.36. The van der Waals surface area contributed by atoms with Crippen LogP contribution in [0.3, 0.4) is 0 Å². The zero-order chi connectivity index (χ0) is 11.8. The summed E-state index contributed by atoms with van der Waals surface area (Å²) in [6.45, 7) is -0.195. The minimum Gasteiger partial charge on any atom is -0.394 e. The monoisotopic (exact) mass is 236 g/mol. The topological polar surface area (TPSA) is 93.3 Å². The van der Waals surface area contributed by atoms with E-state index in [2.05, 4.69) is 15.0 Å². The van der Waals surface area contributed by atoms with Crippen LogP contribution < -0.4 is 0 Å². The molecule has 7 nitrogen and oxygen atoms in total. The lowest BCUT2D eigenvalue weighted by Crippen LogP contribution is -2.24. The first-order valence-corrected chi connectivity index (χ1v) is 5.36. The van der Waals surface area contributed by atoms with Crippen molar-refractivity contribution in [3.05, 3.63) is 18.9 Å². The predicted molar refractivity (Wildman–Crippen MR) is 56.9 cm³/mol. The van der Waals surface area contributed by atoms with E-state index in [-0.39, 0.29) is 12.8 Å². The van der Waals surface area contributed by atoms with Gasteiger partial charge in [-0.3, -0.25) is 4.57 Å². The third-order valence-electron chi connectivity index (χ3n) is 2.93. The molecule has 17 heavy (non-hydrogen) atoms. The van der Waals surface area contributed by atoms with Crippen LogP contribution in [-0.2, 0) is 4.74 Å². The van der Waals surface area contributed by atoms with Crippen molar-refractivity contribution >= 4 is 11.2 Å². The van der Waals surface area contributed by atoms with Gasteiger partial charge in [-0.05, 0) is 0 Å². The fraction of sp³-hybridized carbons (Fsp3) is 0.500. The lowest BCUT2D eigenvalue weighted by molar-refractivity contribution is -0.0432. The largest absolute Gasteiger partial charge is 0.394 e. The molecule has 0 radical (unpaired) electrons. The average Bonchev–Trinajstić information content (AvgIpc) is 2.92. The molecule has 2 N–H and O–H groups in total. The molecule has 0 bridgehead atoms. The normalized spacial score (nSPS) is 28.9. The molecule has 1 saturated heterocycles. The van der Waals surface area contributed by atoms with Gasteiger partial charge in [0.25, 0.3) is 0 Å². The van der Waals surface area contributed by atoms with Gasteiger partial charge in [-0.25, -0.2) is 15.0 Å². The molecule has 0 spiro atoms. The highest BCUT2D eigenvalue weighted by molar-refractivity contribution is 5.68. The van der Waals surface area contributed by atoms with Gasteiger partial charge in [-0.2, -0.15) is 0 Å². The SMILES string of the molecule is OC[C@H]1O[C@H](n2cnc3cncnc32)C[C@H]1O. The number of aliphatic hydroxyl groups excluding tert-OH is 2. The molecule has 2 aromatic rings. The first kappa shape index (κ1) is 10.6. The van der Waals surface area contributed by atoms with Crippen LogP contribution in [0.15, 0.2) is 18.9 Å². The molecule has 0 saturated carbocycles. The van der Waals surface area contributed by atoms with E-state index in [1.807, 2.05) is 0 Å². The maximum Gasteiger partial charge on any atom is 0.165 e. The Morgan fingerprint density at radius 1 is 1.47 bits per heavy atom. The van der Waals surface area contributed by atoms with E-state index in [1.165, 1.54) is 6.33 Å². The van der Waals surface area contributed by atoms with Gasteiger partial charge in [0.05, 0.1) is 25.2 Å². The summed E-state index contributed by atoms with van der Waals surface area (Å²) in [5.74, 6) is 0. The molecule has 7 heteroatoms. The lowest BCUT2D eigenvalue weighted by atomic mass is 10.2. The van der Waals surface area contributed by atoms with Crippen LogP contribution in [0.4, 0.5) is 0 Å². The van der Waals surface area contributed by atoms with Gasteiger partial charge < -0.3 is 14.9 Å².